The Bertz CT molecular complexity index is 1750. The zero-order valence-corrected chi connectivity index (χ0v) is 28.3. The van der Waals surface area contributed by atoms with Crippen molar-refractivity contribution in [1.29, 1.82) is 0 Å². The van der Waals surface area contributed by atoms with E-state index in [-0.39, 0.29) is 26.4 Å². The third-order valence-electron chi connectivity index (χ3n) is 7.83. The van der Waals surface area contributed by atoms with Gasteiger partial charge in [-0.3, -0.25) is 9.59 Å². The Hall–Kier alpha value is -5.14. The second-order valence-corrected chi connectivity index (χ2v) is 11.4. The highest BCUT2D eigenvalue weighted by Gasteiger charge is 2.13. The lowest BCUT2D eigenvalue weighted by atomic mass is 10.1. The van der Waals surface area contributed by atoms with Crippen LogP contribution in [0.4, 0.5) is 0 Å². The molecule has 2 aromatic heterocycles. The van der Waals surface area contributed by atoms with E-state index in [9.17, 15) is 9.59 Å². The lowest BCUT2D eigenvalue weighted by molar-refractivity contribution is -0.156. The van der Waals surface area contributed by atoms with Gasteiger partial charge >= 0.3 is 11.9 Å². The maximum absolute atomic E-state index is 11.8. The van der Waals surface area contributed by atoms with Crippen LogP contribution in [-0.2, 0) is 38.0 Å². The van der Waals surface area contributed by atoms with Crippen LogP contribution >= 0.6 is 0 Å². The summed E-state index contributed by atoms with van der Waals surface area (Å²) in [5, 5.41) is 2.02. The highest BCUT2D eigenvalue weighted by atomic mass is 16.6. The molecule has 0 spiro atoms. The van der Waals surface area contributed by atoms with Gasteiger partial charge in [0.05, 0.1) is 75.3 Å². The monoisotopic (exact) mass is 696 g/mol. The van der Waals surface area contributed by atoms with Gasteiger partial charge in [0, 0.05) is 21.9 Å². The van der Waals surface area contributed by atoms with Gasteiger partial charge in [-0.1, -0.05) is 24.3 Å². The predicted octanol–water partition coefficient (Wildman–Crippen LogP) is 5.43. The standard InChI is InChI=1S/C39H40N2O10/c42-36-27-37(43)51-26-22-47-18-16-45-20-24-49-33-11-5-29(6-12-33)35-14-8-31-2-1-30-7-13-34(40-38(30)39(31)41-35)28-3-9-32(10-4-28)48-23-19-44-15-17-46-21-25-50-36/h1-14H,15-27H2. The van der Waals surface area contributed by atoms with Gasteiger partial charge in [0.1, 0.15) is 44.3 Å². The van der Waals surface area contributed by atoms with Crippen molar-refractivity contribution in [2.75, 3.05) is 79.3 Å². The number of carbonyl (C=O) groups is 2. The van der Waals surface area contributed by atoms with Crippen molar-refractivity contribution in [1.82, 2.24) is 9.97 Å². The first-order chi connectivity index (χ1) is 25.1. The Labute approximate surface area is 295 Å². The molecule has 0 fully saturated rings. The van der Waals surface area contributed by atoms with Crippen LogP contribution < -0.4 is 9.47 Å². The molecule has 8 bridgehead atoms. The van der Waals surface area contributed by atoms with E-state index in [0.717, 1.165) is 55.8 Å². The Balaban J connectivity index is 1.10. The Morgan fingerprint density at radius 1 is 0.373 bits per heavy atom. The largest absolute Gasteiger partial charge is 0.491 e. The van der Waals surface area contributed by atoms with Crippen LogP contribution in [0, 0.1) is 0 Å². The average molecular weight is 697 g/mol. The summed E-state index contributed by atoms with van der Waals surface area (Å²) >= 11 is 0. The number of benzene rings is 3. The summed E-state index contributed by atoms with van der Waals surface area (Å²) < 4.78 is 43.7. The van der Waals surface area contributed by atoms with E-state index < -0.39 is 18.4 Å². The normalized spacial score (nSPS) is 16.8. The second kappa shape index (κ2) is 18.7. The number of rotatable bonds is 0. The van der Waals surface area contributed by atoms with Crippen LogP contribution in [0.1, 0.15) is 6.42 Å². The predicted molar refractivity (Wildman–Crippen MR) is 189 cm³/mol. The summed E-state index contributed by atoms with van der Waals surface area (Å²) in [5.41, 5.74) is 5.27. The molecule has 0 radical (unpaired) electrons. The fourth-order valence-corrected chi connectivity index (χ4v) is 5.26. The van der Waals surface area contributed by atoms with E-state index in [1.165, 1.54) is 0 Å². The molecule has 0 aliphatic carbocycles. The van der Waals surface area contributed by atoms with Crippen molar-refractivity contribution < 1.29 is 47.5 Å². The topological polar surface area (TPSA) is 134 Å². The van der Waals surface area contributed by atoms with Crippen molar-refractivity contribution >= 4 is 33.7 Å². The van der Waals surface area contributed by atoms with Crippen LogP contribution in [0.25, 0.3) is 44.3 Å². The van der Waals surface area contributed by atoms with E-state index >= 15 is 0 Å². The SMILES string of the molecule is O=C1CC(=O)OCCOCCOCCOc2ccc(cc2)-c2ccc3ccc4ccc(nc4c3n2)-c2ccc(cc2)OCCOCCOCCO1. The van der Waals surface area contributed by atoms with Crippen LogP contribution in [-0.4, -0.2) is 101 Å². The van der Waals surface area contributed by atoms with E-state index in [0.29, 0.717) is 52.9 Å². The molecule has 51 heavy (non-hydrogen) atoms. The van der Waals surface area contributed by atoms with Crippen molar-refractivity contribution in [3.63, 3.8) is 0 Å². The molecule has 0 amide bonds. The van der Waals surface area contributed by atoms with Crippen LogP contribution in [0.15, 0.2) is 84.9 Å². The van der Waals surface area contributed by atoms with Gasteiger partial charge in [0.25, 0.3) is 0 Å². The zero-order chi connectivity index (χ0) is 35.1. The summed E-state index contributed by atoms with van der Waals surface area (Å²) in [6.07, 6.45) is -0.481. The van der Waals surface area contributed by atoms with Gasteiger partial charge in [-0.05, 0) is 60.7 Å². The molecule has 3 aromatic carbocycles. The smallest absolute Gasteiger partial charge is 0.317 e. The van der Waals surface area contributed by atoms with Crippen LogP contribution in [0.5, 0.6) is 11.5 Å². The number of pyridine rings is 2. The summed E-state index contributed by atoms with van der Waals surface area (Å²) in [6, 6.07) is 27.9. The highest BCUT2D eigenvalue weighted by Crippen LogP contribution is 2.30. The molecule has 8 rings (SSSR count). The number of hydrogen-bond donors (Lipinski definition) is 0. The minimum atomic E-state index is -0.683. The quantitative estimate of drug-likeness (QED) is 0.116. The Kier molecular flexibility index (Phi) is 13.1. The van der Waals surface area contributed by atoms with E-state index in [1.54, 1.807) is 0 Å². The van der Waals surface area contributed by atoms with Crippen LogP contribution in [0.2, 0.25) is 0 Å². The first kappa shape index (κ1) is 35.7. The molecule has 5 aromatic rings. The molecule has 12 nitrogen and oxygen atoms in total. The summed E-state index contributed by atoms with van der Waals surface area (Å²) in [6.45, 7) is 3.28. The van der Waals surface area contributed by atoms with E-state index in [1.807, 2.05) is 60.7 Å². The number of fused-ring (bicyclic) bond motifs is 2. The molecular formula is C39H40N2O10. The highest BCUT2D eigenvalue weighted by molar-refractivity contribution is 6.04. The van der Waals surface area contributed by atoms with Gasteiger partial charge in [-0.2, -0.15) is 0 Å². The lowest BCUT2D eigenvalue weighted by Gasteiger charge is -2.10. The van der Waals surface area contributed by atoms with Gasteiger partial charge in [-0.25, -0.2) is 9.97 Å². The molecular weight excluding hydrogens is 656 g/mol. The van der Waals surface area contributed by atoms with Gasteiger partial charge < -0.3 is 37.9 Å². The number of aromatic nitrogens is 2. The van der Waals surface area contributed by atoms with E-state index in [4.69, 9.17) is 47.9 Å². The zero-order valence-electron chi connectivity index (χ0n) is 28.3. The van der Waals surface area contributed by atoms with E-state index in [2.05, 4.69) is 24.3 Å². The van der Waals surface area contributed by atoms with Crippen molar-refractivity contribution in [3.8, 4) is 34.0 Å². The molecule has 12 heteroatoms. The Morgan fingerprint density at radius 2 is 0.706 bits per heavy atom. The molecule has 266 valence electrons. The van der Waals surface area contributed by atoms with Crippen molar-refractivity contribution in [2.24, 2.45) is 0 Å². The molecule has 0 unspecified atom stereocenters. The summed E-state index contributed by atoms with van der Waals surface area (Å²) in [7, 11) is 0. The molecule has 0 atom stereocenters. The first-order valence-corrected chi connectivity index (χ1v) is 16.9. The lowest BCUT2D eigenvalue weighted by Crippen LogP contribution is -2.19. The maximum Gasteiger partial charge on any atom is 0.317 e. The molecule has 0 N–H and O–H groups in total. The summed E-state index contributed by atoms with van der Waals surface area (Å²) in [4.78, 5) is 33.8. The molecule has 0 saturated carbocycles. The minimum absolute atomic E-state index is 0.0226. The molecule has 3 aliphatic rings. The number of carbonyl (C=O) groups excluding carboxylic acids is 2. The number of hydrogen-bond acceptors (Lipinski definition) is 12. The number of esters is 2. The number of nitrogens with zero attached hydrogens (tertiary/aromatic N) is 2. The third kappa shape index (κ3) is 10.7. The van der Waals surface area contributed by atoms with Crippen LogP contribution in [0.3, 0.4) is 0 Å². The average Bonchev–Trinajstić information content (AvgIpc) is 3.16. The molecule has 0 saturated heterocycles. The fraction of sp³-hybridized carbons (Fsp3) is 0.333. The molecule has 3 aliphatic heterocycles. The van der Waals surface area contributed by atoms with Gasteiger partial charge in [0.15, 0.2) is 0 Å². The second-order valence-electron chi connectivity index (χ2n) is 11.4. The summed E-state index contributed by atoms with van der Waals surface area (Å²) in [5.74, 6) is 0.0769. The van der Waals surface area contributed by atoms with Gasteiger partial charge in [0.2, 0.25) is 0 Å². The molecule has 5 heterocycles. The first-order valence-electron chi connectivity index (χ1n) is 16.9. The Morgan fingerprint density at radius 3 is 1.10 bits per heavy atom. The number of ether oxygens (including phenoxy) is 8. The van der Waals surface area contributed by atoms with Crippen molar-refractivity contribution in [2.45, 2.75) is 6.42 Å². The minimum Gasteiger partial charge on any atom is -0.491 e. The third-order valence-corrected chi connectivity index (χ3v) is 7.83. The fourth-order valence-electron chi connectivity index (χ4n) is 5.26. The van der Waals surface area contributed by atoms with Crippen molar-refractivity contribution in [3.05, 3.63) is 84.9 Å². The van der Waals surface area contributed by atoms with Gasteiger partial charge in [-0.15, -0.1) is 0 Å². The maximum atomic E-state index is 11.8.